The van der Waals surface area contributed by atoms with Crippen LogP contribution in [0, 0.1) is 0 Å². The zero-order valence-electron chi connectivity index (χ0n) is 22.7. The number of benzene rings is 3. The molecule has 4 aromatic rings. The van der Waals surface area contributed by atoms with Gasteiger partial charge in [-0.1, -0.05) is 78.1 Å². The lowest BCUT2D eigenvalue weighted by molar-refractivity contribution is -0.130. The highest BCUT2D eigenvalue weighted by atomic mass is 35.5. The fraction of sp³-hybridized carbons (Fsp3) is 0.290. The maximum absolute atomic E-state index is 13.6. The molecular weight excluding hydrogens is 581 g/mol. The lowest BCUT2D eigenvalue weighted by Crippen LogP contribution is -2.54. The molecule has 10 heteroatoms. The van der Waals surface area contributed by atoms with Gasteiger partial charge in [-0.05, 0) is 41.5 Å². The Kier molecular flexibility index (Phi) is 9.40. The van der Waals surface area contributed by atoms with Gasteiger partial charge in [0.2, 0.25) is 11.8 Å². The fourth-order valence-corrected chi connectivity index (χ4v) is 5.94. The number of carbonyl (C=O) groups is 2. The Morgan fingerprint density at radius 3 is 2.29 bits per heavy atom. The number of nitrogens with zero attached hydrogens (tertiary/aromatic N) is 2. The van der Waals surface area contributed by atoms with E-state index in [1.54, 1.807) is 12.1 Å². The first-order valence-electron chi connectivity index (χ1n) is 13.6. The second-order valence-corrected chi connectivity index (χ2v) is 11.5. The molecule has 1 aliphatic heterocycles. The van der Waals surface area contributed by atoms with Gasteiger partial charge in [0, 0.05) is 61.4 Å². The number of anilines is 1. The number of nitrogens with one attached hydrogen (secondary N) is 3. The number of halogens is 3. The summed E-state index contributed by atoms with van der Waals surface area (Å²) >= 11 is 18.4. The third-order valence-electron chi connectivity index (χ3n) is 7.58. The summed E-state index contributed by atoms with van der Waals surface area (Å²) in [4.78, 5) is 34.6. The van der Waals surface area contributed by atoms with Crippen LogP contribution in [0.4, 0.5) is 5.69 Å². The summed E-state index contributed by atoms with van der Waals surface area (Å²) in [5.74, 6) is -0.794. The average Bonchev–Trinajstić information content (AvgIpc) is 3.42. The van der Waals surface area contributed by atoms with E-state index in [1.807, 2.05) is 55.6 Å². The summed E-state index contributed by atoms with van der Waals surface area (Å²) in [6, 6.07) is 20.7. The predicted octanol–water partition coefficient (Wildman–Crippen LogP) is 5.86. The highest BCUT2D eigenvalue weighted by Gasteiger charge is 2.30. The maximum Gasteiger partial charge on any atom is 0.243 e. The van der Waals surface area contributed by atoms with Gasteiger partial charge in [-0.15, -0.1) is 0 Å². The quantitative estimate of drug-likeness (QED) is 0.207. The molecule has 2 amide bonds. The molecule has 2 atom stereocenters. The average molecular weight is 613 g/mol. The van der Waals surface area contributed by atoms with Crippen LogP contribution in [0.5, 0.6) is 0 Å². The van der Waals surface area contributed by atoms with Crippen LogP contribution in [-0.2, 0) is 16.1 Å². The molecule has 0 radical (unpaired) electrons. The Hall–Kier alpha value is -3.23. The lowest BCUT2D eigenvalue weighted by Gasteiger charge is -2.36. The van der Waals surface area contributed by atoms with Gasteiger partial charge in [0.1, 0.15) is 6.04 Å². The van der Waals surface area contributed by atoms with E-state index in [1.165, 1.54) is 5.69 Å². The SMILES string of the molecule is CC(c1c[nH]c2ccccc12)C(NC(=O)CN1CCN(c2ccccc2)CC1)C(=O)NCc1cc(Cl)c(Cl)c(Cl)c1. The fourth-order valence-electron chi connectivity index (χ4n) is 5.30. The highest BCUT2D eigenvalue weighted by Crippen LogP contribution is 2.31. The molecule has 3 N–H and O–H groups in total. The van der Waals surface area contributed by atoms with Crippen molar-refractivity contribution in [3.63, 3.8) is 0 Å². The molecule has 1 aliphatic rings. The molecule has 0 aliphatic carbocycles. The maximum atomic E-state index is 13.6. The number of aromatic amines is 1. The molecule has 7 nitrogen and oxygen atoms in total. The van der Waals surface area contributed by atoms with E-state index in [9.17, 15) is 9.59 Å². The number of fused-ring (bicyclic) bond motifs is 1. The largest absolute Gasteiger partial charge is 0.369 e. The van der Waals surface area contributed by atoms with Gasteiger partial charge >= 0.3 is 0 Å². The number of aromatic nitrogens is 1. The standard InChI is InChI=1S/C31H32Cl3N5O2/c1-20(24-18-35-27-10-6-5-9-23(24)27)30(31(41)36-17-21-15-25(32)29(34)26(33)16-21)37-28(40)19-38-11-13-39(14-12-38)22-7-3-2-4-8-22/h2-10,15-16,18,20,30,35H,11-14,17,19H2,1H3,(H,36,41)(H,37,40). The first-order valence-corrected chi connectivity index (χ1v) is 14.7. The molecule has 2 heterocycles. The van der Waals surface area contributed by atoms with E-state index in [0.717, 1.165) is 42.6 Å². The zero-order valence-corrected chi connectivity index (χ0v) is 24.9. The summed E-state index contributed by atoms with van der Waals surface area (Å²) in [7, 11) is 0. The molecule has 0 spiro atoms. The number of carbonyl (C=O) groups excluding carboxylic acids is 2. The number of rotatable bonds is 9. The van der Waals surface area contributed by atoms with Crippen molar-refractivity contribution in [1.29, 1.82) is 0 Å². The summed E-state index contributed by atoms with van der Waals surface area (Å²) in [5, 5.41) is 7.90. The Labute approximate surface area is 254 Å². The van der Waals surface area contributed by atoms with Crippen LogP contribution in [0.1, 0.15) is 24.0 Å². The lowest BCUT2D eigenvalue weighted by atomic mass is 9.92. The molecule has 1 saturated heterocycles. The Morgan fingerprint density at radius 1 is 0.927 bits per heavy atom. The van der Waals surface area contributed by atoms with Crippen LogP contribution in [0.3, 0.4) is 0 Å². The van der Waals surface area contributed by atoms with E-state index in [4.69, 9.17) is 34.8 Å². The molecule has 2 unspecified atom stereocenters. The van der Waals surface area contributed by atoms with E-state index in [2.05, 4.69) is 37.6 Å². The first kappa shape index (κ1) is 29.3. The molecule has 41 heavy (non-hydrogen) atoms. The van der Waals surface area contributed by atoms with Crippen LogP contribution in [0.15, 0.2) is 72.9 Å². The minimum atomic E-state index is -0.800. The minimum Gasteiger partial charge on any atom is -0.369 e. The van der Waals surface area contributed by atoms with Gasteiger partial charge in [0.25, 0.3) is 0 Å². The molecule has 5 rings (SSSR count). The smallest absolute Gasteiger partial charge is 0.243 e. The molecule has 1 fully saturated rings. The van der Waals surface area contributed by atoms with Crippen LogP contribution < -0.4 is 15.5 Å². The topological polar surface area (TPSA) is 80.5 Å². The van der Waals surface area contributed by atoms with Crippen molar-refractivity contribution >= 4 is 63.2 Å². The van der Waals surface area contributed by atoms with Gasteiger partial charge in [0.05, 0.1) is 21.6 Å². The Bertz CT molecular complexity index is 1500. The minimum absolute atomic E-state index is 0.184. The van der Waals surface area contributed by atoms with E-state index in [-0.39, 0.29) is 35.8 Å². The van der Waals surface area contributed by atoms with Crippen molar-refractivity contribution in [2.75, 3.05) is 37.6 Å². The van der Waals surface area contributed by atoms with Crippen LogP contribution in [0.25, 0.3) is 10.9 Å². The molecular formula is C31H32Cl3N5O2. The monoisotopic (exact) mass is 611 g/mol. The van der Waals surface area contributed by atoms with Gasteiger partial charge in [-0.2, -0.15) is 0 Å². The van der Waals surface area contributed by atoms with Crippen LogP contribution in [-0.4, -0.2) is 60.5 Å². The van der Waals surface area contributed by atoms with Crippen LogP contribution >= 0.6 is 34.8 Å². The van der Waals surface area contributed by atoms with Gasteiger partial charge in [0.15, 0.2) is 0 Å². The van der Waals surface area contributed by atoms with Crippen LogP contribution in [0.2, 0.25) is 15.1 Å². The second-order valence-electron chi connectivity index (χ2n) is 10.3. The number of amides is 2. The van der Waals surface area contributed by atoms with Crippen molar-refractivity contribution in [2.24, 2.45) is 0 Å². The van der Waals surface area contributed by atoms with Crippen molar-refractivity contribution in [3.05, 3.63) is 99.1 Å². The third-order valence-corrected chi connectivity index (χ3v) is 8.78. The van der Waals surface area contributed by atoms with Gasteiger partial charge in [-0.25, -0.2) is 0 Å². The van der Waals surface area contributed by atoms with Crippen molar-refractivity contribution in [3.8, 4) is 0 Å². The van der Waals surface area contributed by atoms with Crippen molar-refractivity contribution in [2.45, 2.75) is 25.4 Å². The molecule has 0 saturated carbocycles. The Balaban J connectivity index is 1.27. The number of hydrogen-bond acceptors (Lipinski definition) is 4. The van der Waals surface area contributed by atoms with Crippen molar-refractivity contribution < 1.29 is 9.59 Å². The van der Waals surface area contributed by atoms with E-state index in [0.29, 0.717) is 15.6 Å². The van der Waals surface area contributed by atoms with Gasteiger partial charge < -0.3 is 20.5 Å². The van der Waals surface area contributed by atoms with Gasteiger partial charge in [-0.3, -0.25) is 14.5 Å². The number of H-pyrrole nitrogens is 1. The van der Waals surface area contributed by atoms with E-state index >= 15 is 0 Å². The van der Waals surface area contributed by atoms with Crippen molar-refractivity contribution in [1.82, 2.24) is 20.5 Å². The number of para-hydroxylation sites is 2. The van der Waals surface area contributed by atoms with E-state index < -0.39 is 6.04 Å². The molecule has 3 aromatic carbocycles. The molecule has 214 valence electrons. The third kappa shape index (κ3) is 6.99. The summed E-state index contributed by atoms with van der Waals surface area (Å²) in [6.45, 7) is 5.54. The number of piperazine rings is 1. The highest BCUT2D eigenvalue weighted by molar-refractivity contribution is 6.48. The Morgan fingerprint density at radius 2 is 1.59 bits per heavy atom. The summed E-state index contributed by atoms with van der Waals surface area (Å²) in [6.07, 6.45) is 1.91. The molecule has 0 bridgehead atoms. The number of hydrogen-bond donors (Lipinski definition) is 3. The molecule has 1 aromatic heterocycles. The summed E-state index contributed by atoms with van der Waals surface area (Å²) < 4.78 is 0. The zero-order chi connectivity index (χ0) is 28.9. The summed E-state index contributed by atoms with van der Waals surface area (Å²) in [5.41, 5.74) is 3.82. The first-order chi connectivity index (χ1) is 19.8. The predicted molar refractivity (Wildman–Crippen MR) is 167 cm³/mol. The normalized spacial score (nSPS) is 15.5. The second kappa shape index (κ2) is 13.2.